The van der Waals surface area contributed by atoms with Crippen LogP contribution in [0.1, 0.15) is 26.2 Å². The van der Waals surface area contributed by atoms with Gasteiger partial charge in [0.2, 0.25) is 0 Å². The zero-order valence-electron chi connectivity index (χ0n) is 7.40. The van der Waals surface area contributed by atoms with Crippen LogP contribution in [0.3, 0.4) is 0 Å². The number of halogens is 3. The summed E-state index contributed by atoms with van der Waals surface area (Å²) in [4.78, 5) is 0. The van der Waals surface area contributed by atoms with Crippen LogP contribution in [0.15, 0.2) is 0 Å². The average Bonchev–Trinajstić information content (AvgIpc) is 2.33. The normalized spacial score (nSPS) is 35.3. The largest absolute Gasteiger partial charge is 0.419 e. The molecular formula is C8H13F3O2. The number of hydrogen-bond acceptors (Lipinski definition) is 2. The molecule has 0 saturated heterocycles. The lowest BCUT2D eigenvalue weighted by atomic mass is 9.99. The van der Waals surface area contributed by atoms with Crippen molar-refractivity contribution >= 4 is 0 Å². The van der Waals surface area contributed by atoms with E-state index in [1.165, 1.54) is 6.92 Å². The summed E-state index contributed by atoms with van der Waals surface area (Å²) in [5.74, 6) is 0. The predicted octanol–water partition coefficient (Wildman–Crippen LogP) is 1.87. The fourth-order valence-corrected chi connectivity index (χ4v) is 1.80. The van der Waals surface area contributed by atoms with Crippen LogP contribution in [-0.4, -0.2) is 29.6 Å². The van der Waals surface area contributed by atoms with Crippen LogP contribution < -0.4 is 0 Å². The van der Waals surface area contributed by atoms with E-state index in [-0.39, 0.29) is 19.4 Å². The third-order valence-corrected chi connectivity index (χ3v) is 2.45. The Kier molecular flexibility index (Phi) is 2.87. The van der Waals surface area contributed by atoms with E-state index in [1.807, 2.05) is 0 Å². The maximum absolute atomic E-state index is 12.6. The summed E-state index contributed by atoms with van der Waals surface area (Å²) in [5.41, 5.74) is -2.30. The number of alkyl halides is 3. The zero-order chi connectivity index (χ0) is 10.1. The highest BCUT2D eigenvalue weighted by atomic mass is 19.4. The standard InChI is InChI=1S/C8H13F3O2/c1-2-13-7(8(9,10)11)5-3-4-6(7)12/h6,12H,2-5H2,1H3. The molecule has 13 heavy (non-hydrogen) atoms. The third-order valence-electron chi connectivity index (χ3n) is 2.45. The lowest BCUT2D eigenvalue weighted by Gasteiger charge is -2.34. The second-order valence-corrected chi connectivity index (χ2v) is 3.23. The molecule has 0 aromatic rings. The maximum atomic E-state index is 12.6. The molecule has 2 nitrogen and oxygen atoms in total. The van der Waals surface area contributed by atoms with E-state index in [9.17, 15) is 18.3 Å². The Hall–Kier alpha value is -0.290. The van der Waals surface area contributed by atoms with E-state index >= 15 is 0 Å². The van der Waals surface area contributed by atoms with Crippen molar-refractivity contribution in [3.8, 4) is 0 Å². The first-order chi connectivity index (χ1) is 5.94. The highest BCUT2D eigenvalue weighted by Crippen LogP contribution is 2.45. The highest BCUT2D eigenvalue weighted by molar-refractivity contribution is 5.00. The van der Waals surface area contributed by atoms with Crippen LogP contribution in [0, 0.1) is 0 Å². The van der Waals surface area contributed by atoms with Crippen molar-refractivity contribution in [1.82, 2.24) is 0 Å². The van der Waals surface area contributed by atoms with Crippen molar-refractivity contribution in [3.05, 3.63) is 0 Å². The molecule has 0 heterocycles. The molecule has 1 rings (SSSR count). The van der Waals surface area contributed by atoms with Crippen molar-refractivity contribution < 1.29 is 23.0 Å². The average molecular weight is 198 g/mol. The van der Waals surface area contributed by atoms with Gasteiger partial charge >= 0.3 is 6.18 Å². The Morgan fingerprint density at radius 2 is 2.15 bits per heavy atom. The molecule has 0 spiro atoms. The van der Waals surface area contributed by atoms with Crippen LogP contribution in [0.5, 0.6) is 0 Å². The van der Waals surface area contributed by atoms with E-state index in [1.54, 1.807) is 0 Å². The maximum Gasteiger partial charge on any atom is 0.419 e. The molecule has 0 radical (unpaired) electrons. The molecule has 0 aliphatic heterocycles. The molecule has 0 aromatic carbocycles. The van der Waals surface area contributed by atoms with Gasteiger partial charge in [-0.1, -0.05) is 0 Å². The molecule has 1 aliphatic carbocycles. The molecule has 2 atom stereocenters. The lowest BCUT2D eigenvalue weighted by molar-refractivity contribution is -0.298. The topological polar surface area (TPSA) is 29.5 Å². The summed E-state index contributed by atoms with van der Waals surface area (Å²) < 4.78 is 42.4. The first-order valence-corrected chi connectivity index (χ1v) is 4.33. The fraction of sp³-hybridized carbons (Fsp3) is 1.00. The first-order valence-electron chi connectivity index (χ1n) is 4.33. The number of aliphatic hydroxyl groups excluding tert-OH is 1. The van der Waals surface area contributed by atoms with Gasteiger partial charge in [-0.05, 0) is 26.2 Å². The molecule has 1 saturated carbocycles. The van der Waals surface area contributed by atoms with Gasteiger partial charge < -0.3 is 9.84 Å². The second kappa shape index (κ2) is 3.46. The van der Waals surface area contributed by atoms with Crippen LogP contribution in [0.25, 0.3) is 0 Å². The molecular weight excluding hydrogens is 185 g/mol. The second-order valence-electron chi connectivity index (χ2n) is 3.23. The fourth-order valence-electron chi connectivity index (χ4n) is 1.80. The van der Waals surface area contributed by atoms with Crippen molar-refractivity contribution in [2.24, 2.45) is 0 Å². The van der Waals surface area contributed by atoms with Gasteiger partial charge in [-0.25, -0.2) is 0 Å². The Morgan fingerprint density at radius 3 is 2.46 bits per heavy atom. The van der Waals surface area contributed by atoms with Crippen LogP contribution >= 0.6 is 0 Å². The molecule has 0 aromatic heterocycles. The van der Waals surface area contributed by atoms with E-state index in [0.717, 1.165) is 0 Å². The summed E-state index contributed by atoms with van der Waals surface area (Å²) in [7, 11) is 0. The number of rotatable bonds is 2. The highest BCUT2D eigenvalue weighted by Gasteiger charge is 2.62. The van der Waals surface area contributed by atoms with E-state index in [0.29, 0.717) is 6.42 Å². The van der Waals surface area contributed by atoms with Gasteiger partial charge in [0.25, 0.3) is 0 Å². The molecule has 1 fully saturated rings. The monoisotopic (exact) mass is 198 g/mol. The smallest absolute Gasteiger partial charge is 0.390 e. The van der Waals surface area contributed by atoms with E-state index < -0.39 is 17.9 Å². The third kappa shape index (κ3) is 1.67. The molecule has 78 valence electrons. The minimum Gasteiger partial charge on any atom is -0.390 e. The Morgan fingerprint density at radius 1 is 1.54 bits per heavy atom. The first kappa shape index (κ1) is 10.8. The van der Waals surface area contributed by atoms with Gasteiger partial charge in [-0.2, -0.15) is 13.2 Å². The van der Waals surface area contributed by atoms with Crippen molar-refractivity contribution in [2.45, 2.75) is 44.1 Å². The van der Waals surface area contributed by atoms with Gasteiger partial charge in [-0.3, -0.25) is 0 Å². The molecule has 0 bridgehead atoms. The molecule has 5 heteroatoms. The van der Waals surface area contributed by atoms with Crippen LogP contribution in [0.2, 0.25) is 0 Å². The Balaban J connectivity index is 2.87. The summed E-state index contributed by atoms with van der Waals surface area (Å²) >= 11 is 0. The summed E-state index contributed by atoms with van der Waals surface area (Å²) in [6, 6.07) is 0. The van der Waals surface area contributed by atoms with Crippen molar-refractivity contribution in [2.75, 3.05) is 6.61 Å². The lowest BCUT2D eigenvalue weighted by Crippen LogP contribution is -2.53. The van der Waals surface area contributed by atoms with E-state index in [2.05, 4.69) is 0 Å². The number of ether oxygens (including phenoxy) is 1. The molecule has 1 N–H and O–H groups in total. The zero-order valence-corrected chi connectivity index (χ0v) is 7.40. The van der Waals surface area contributed by atoms with Crippen molar-refractivity contribution in [1.29, 1.82) is 0 Å². The van der Waals surface area contributed by atoms with Gasteiger partial charge in [0.05, 0.1) is 6.10 Å². The van der Waals surface area contributed by atoms with Gasteiger partial charge in [0, 0.05) is 6.61 Å². The summed E-state index contributed by atoms with van der Waals surface area (Å²) in [5, 5.41) is 9.26. The quantitative estimate of drug-likeness (QED) is 0.733. The van der Waals surface area contributed by atoms with E-state index in [4.69, 9.17) is 4.74 Å². The predicted molar refractivity (Wildman–Crippen MR) is 40.3 cm³/mol. The number of hydrogen-bond donors (Lipinski definition) is 1. The van der Waals surface area contributed by atoms with Crippen LogP contribution in [0.4, 0.5) is 13.2 Å². The minimum atomic E-state index is -4.47. The molecule has 0 amide bonds. The van der Waals surface area contributed by atoms with Gasteiger partial charge in [-0.15, -0.1) is 0 Å². The van der Waals surface area contributed by atoms with Gasteiger partial charge in [0.15, 0.2) is 5.60 Å². The minimum absolute atomic E-state index is 0.0312. The Bertz CT molecular complexity index is 181. The summed E-state index contributed by atoms with van der Waals surface area (Å²) in [6.07, 6.45) is -5.49. The molecule has 1 aliphatic rings. The molecule has 2 unspecified atom stereocenters. The number of aliphatic hydroxyl groups is 1. The Labute approximate surface area is 74.7 Å². The van der Waals surface area contributed by atoms with Crippen molar-refractivity contribution in [3.63, 3.8) is 0 Å². The SMILES string of the molecule is CCOC1(C(F)(F)F)CCCC1O. The summed E-state index contributed by atoms with van der Waals surface area (Å²) in [6.45, 7) is 1.47. The van der Waals surface area contributed by atoms with Crippen LogP contribution in [-0.2, 0) is 4.74 Å². The van der Waals surface area contributed by atoms with Gasteiger partial charge in [0.1, 0.15) is 0 Å².